The first-order valence-corrected chi connectivity index (χ1v) is 7.56. The third kappa shape index (κ3) is 2.39. The van der Waals surface area contributed by atoms with Crippen molar-refractivity contribution >= 4 is 16.5 Å². The van der Waals surface area contributed by atoms with Crippen molar-refractivity contribution in [3.05, 3.63) is 10.6 Å². The molecule has 1 aliphatic carbocycles. The van der Waals surface area contributed by atoms with Crippen LogP contribution in [0, 0.1) is 0 Å². The number of aromatic nitrogens is 1. The molecule has 1 aromatic rings. The number of nitrogens with one attached hydrogen (secondary N) is 1. The number of hydrogen-bond acceptors (Lipinski definition) is 5. The Bertz CT molecular complexity index is 410. The lowest BCUT2D eigenvalue weighted by molar-refractivity contribution is 0.193. The summed E-state index contributed by atoms with van der Waals surface area (Å²) >= 11 is 1.84. The Kier molecular flexibility index (Phi) is 3.54. The number of likely N-dealkylation sites (N-methyl/N-ethyl adjacent to an activating group) is 1. The van der Waals surface area contributed by atoms with E-state index in [2.05, 4.69) is 17.3 Å². The smallest absolute Gasteiger partial charge is 0.185 e. The molecule has 1 unspecified atom stereocenters. The molecule has 0 amide bonds. The van der Waals surface area contributed by atoms with E-state index in [0.717, 1.165) is 37.2 Å². The maximum Gasteiger partial charge on any atom is 0.185 e. The quantitative estimate of drug-likeness (QED) is 0.885. The van der Waals surface area contributed by atoms with E-state index in [1.54, 1.807) is 0 Å². The number of ether oxygens (including phenoxy) is 1. The maximum atomic E-state index is 5.47. The van der Waals surface area contributed by atoms with E-state index < -0.39 is 0 Å². The van der Waals surface area contributed by atoms with Gasteiger partial charge in [0.2, 0.25) is 0 Å². The molecule has 18 heavy (non-hydrogen) atoms. The summed E-state index contributed by atoms with van der Waals surface area (Å²) in [6, 6.07) is 0.505. The van der Waals surface area contributed by atoms with Crippen LogP contribution in [0.2, 0.25) is 0 Å². The lowest BCUT2D eigenvalue weighted by Gasteiger charge is -2.21. The second kappa shape index (κ2) is 5.15. The largest absolute Gasteiger partial charge is 0.379 e. The van der Waals surface area contributed by atoms with Gasteiger partial charge in [-0.1, -0.05) is 0 Å². The molecule has 0 spiro atoms. The second-order valence-corrected chi connectivity index (χ2v) is 6.30. The van der Waals surface area contributed by atoms with Gasteiger partial charge in [-0.3, -0.25) is 0 Å². The van der Waals surface area contributed by atoms with Gasteiger partial charge in [-0.2, -0.15) is 0 Å². The molecular formula is C13H21N3OS. The summed E-state index contributed by atoms with van der Waals surface area (Å²) in [4.78, 5) is 8.61. The van der Waals surface area contributed by atoms with E-state index in [9.17, 15) is 0 Å². The van der Waals surface area contributed by atoms with Crippen LogP contribution in [0.3, 0.4) is 0 Å². The van der Waals surface area contributed by atoms with Gasteiger partial charge in [-0.25, -0.2) is 4.98 Å². The molecule has 2 heterocycles. The zero-order chi connectivity index (χ0) is 12.5. The van der Waals surface area contributed by atoms with Crippen LogP contribution in [0.1, 0.15) is 35.8 Å². The van der Waals surface area contributed by atoms with Crippen LogP contribution in [-0.2, 0) is 11.3 Å². The van der Waals surface area contributed by atoms with Crippen LogP contribution < -0.4 is 10.2 Å². The summed E-state index contributed by atoms with van der Waals surface area (Å²) in [6.45, 7) is 2.67. The van der Waals surface area contributed by atoms with Gasteiger partial charge < -0.3 is 15.0 Å². The van der Waals surface area contributed by atoms with Gasteiger partial charge in [-0.05, 0) is 26.3 Å². The van der Waals surface area contributed by atoms with Crippen molar-refractivity contribution in [3.63, 3.8) is 0 Å². The Morgan fingerprint density at radius 2 is 2.28 bits per heavy atom. The number of rotatable bonds is 5. The van der Waals surface area contributed by atoms with E-state index >= 15 is 0 Å². The Balaban J connectivity index is 1.80. The van der Waals surface area contributed by atoms with Gasteiger partial charge in [-0.15, -0.1) is 11.3 Å². The zero-order valence-electron chi connectivity index (χ0n) is 11.1. The summed E-state index contributed by atoms with van der Waals surface area (Å²) < 4.78 is 5.47. The molecule has 0 aromatic carbocycles. The second-order valence-electron chi connectivity index (χ2n) is 5.24. The van der Waals surface area contributed by atoms with Gasteiger partial charge in [0.15, 0.2) is 5.13 Å². The third-order valence-electron chi connectivity index (χ3n) is 3.77. The Labute approximate surface area is 112 Å². The highest BCUT2D eigenvalue weighted by molar-refractivity contribution is 7.15. The average molecular weight is 267 g/mol. The van der Waals surface area contributed by atoms with E-state index in [4.69, 9.17) is 9.72 Å². The lowest BCUT2D eigenvalue weighted by Crippen LogP contribution is -2.31. The SMILES string of the molecule is CNCc1sc(N(C)C2CCOC2)nc1C1CC1. The first-order valence-electron chi connectivity index (χ1n) is 6.74. The standard InChI is InChI=1S/C13H21N3OS/c1-14-7-11-12(9-3-4-9)15-13(18-11)16(2)10-5-6-17-8-10/h9-10,14H,3-8H2,1-2H3. The minimum Gasteiger partial charge on any atom is -0.379 e. The van der Waals surface area contributed by atoms with Gasteiger partial charge >= 0.3 is 0 Å². The molecule has 1 saturated carbocycles. The van der Waals surface area contributed by atoms with Crippen molar-refractivity contribution in [1.29, 1.82) is 0 Å². The summed E-state index contributed by atoms with van der Waals surface area (Å²) in [7, 11) is 4.16. The molecular weight excluding hydrogens is 246 g/mol. The first-order chi connectivity index (χ1) is 8.79. The number of hydrogen-bond donors (Lipinski definition) is 1. The first kappa shape index (κ1) is 12.4. The van der Waals surface area contributed by atoms with Crippen LogP contribution in [0.15, 0.2) is 0 Å². The fourth-order valence-electron chi connectivity index (χ4n) is 2.45. The molecule has 0 bridgehead atoms. The predicted molar refractivity (Wildman–Crippen MR) is 74.5 cm³/mol. The Morgan fingerprint density at radius 3 is 2.89 bits per heavy atom. The summed E-state index contributed by atoms with van der Waals surface area (Å²) in [6.07, 6.45) is 3.75. The van der Waals surface area contributed by atoms with E-state index in [1.165, 1.54) is 23.4 Å². The van der Waals surface area contributed by atoms with E-state index in [0.29, 0.717) is 6.04 Å². The molecule has 1 atom stereocenters. The summed E-state index contributed by atoms with van der Waals surface area (Å²) in [5.41, 5.74) is 1.34. The number of thiazole rings is 1. The molecule has 0 radical (unpaired) electrons. The van der Waals surface area contributed by atoms with Crippen LogP contribution in [0.4, 0.5) is 5.13 Å². The molecule has 2 aliphatic rings. The number of nitrogens with zero attached hydrogens (tertiary/aromatic N) is 2. The van der Waals surface area contributed by atoms with E-state index in [1.807, 2.05) is 18.4 Å². The molecule has 3 rings (SSSR count). The minimum atomic E-state index is 0.505. The van der Waals surface area contributed by atoms with Crippen LogP contribution >= 0.6 is 11.3 Å². The van der Waals surface area contributed by atoms with E-state index in [-0.39, 0.29) is 0 Å². The highest BCUT2D eigenvalue weighted by atomic mass is 32.1. The summed E-state index contributed by atoms with van der Waals surface area (Å²) in [5, 5.41) is 4.42. The van der Waals surface area contributed by atoms with Crippen molar-refractivity contribution in [1.82, 2.24) is 10.3 Å². The van der Waals surface area contributed by atoms with Crippen molar-refractivity contribution in [2.45, 2.75) is 37.8 Å². The molecule has 1 N–H and O–H groups in total. The third-order valence-corrected chi connectivity index (χ3v) is 4.93. The molecule has 2 fully saturated rings. The molecule has 4 nitrogen and oxygen atoms in total. The van der Waals surface area contributed by atoms with Gasteiger partial charge in [0, 0.05) is 31.0 Å². The van der Waals surface area contributed by atoms with Crippen molar-refractivity contribution < 1.29 is 4.74 Å². The molecule has 1 aromatic heterocycles. The number of anilines is 1. The highest BCUT2D eigenvalue weighted by Crippen LogP contribution is 2.44. The average Bonchev–Trinajstić information content (AvgIpc) is 2.93. The van der Waals surface area contributed by atoms with Gasteiger partial charge in [0.25, 0.3) is 0 Å². The molecule has 5 heteroatoms. The maximum absolute atomic E-state index is 5.47. The summed E-state index contributed by atoms with van der Waals surface area (Å²) in [5.74, 6) is 0.728. The fraction of sp³-hybridized carbons (Fsp3) is 0.769. The zero-order valence-corrected chi connectivity index (χ0v) is 11.9. The van der Waals surface area contributed by atoms with Gasteiger partial charge in [0.05, 0.1) is 18.3 Å². The van der Waals surface area contributed by atoms with Crippen LogP contribution in [-0.4, -0.2) is 38.3 Å². The Hall–Kier alpha value is -0.650. The van der Waals surface area contributed by atoms with Crippen molar-refractivity contribution in [2.24, 2.45) is 0 Å². The molecule has 1 saturated heterocycles. The monoisotopic (exact) mass is 267 g/mol. The van der Waals surface area contributed by atoms with Crippen molar-refractivity contribution in [3.8, 4) is 0 Å². The normalized spacial score (nSPS) is 23.6. The fourth-order valence-corrected chi connectivity index (χ4v) is 3.64. The molecule has 1 aliphatic heterocycles. The Morgan fingerprint density at radius 1 is 1.44 bits per heavy atom. The lowest BCUT2D eigenvalue weighted by atomic mass is 10.2. The van der Waals surface area contributed by atoms with Crippen molar-refractivity contribution in [2.75, 3.05) is 32.2 Å². The van der Waals surface area contributed by atoms with Gasteiger partial charge in [0.1, 0.15) is 0 Å². The highest BCUT2D eigenvalue weighted by Gasteiger charge is 2.31. The van der Waals surface area contributed by atoms with Crippen LogP contribution in [0.25, 0.3) is 0 Å². The topological polar surface area (TPSA) is 37.4 Å². The predicted octanol–water partition coefficient (Wildman–Crippen LogP) is 1.97. The minimum absolute atomic E-state index is 0.505. The molecule has 100 valence electrons. The van der Waals surface area contributed by atoms with Crippen LogP contribution in [0.5, 0.6) is 0 Å².